The lowest BCUT2D eigenvalue weighted by molar-refractivity contribution is -0.121. The van der Waals surface area contributed by atoms with E-state index in [1.165, 1.54) is 19.4 Å². The largest absolute Gasteiger partial charge is 0.293 e. The van der Waals surface area contributed by atoms with E-state index >= 15 is 0 Å². The zero-order valence-corrected chi connectivity index (χ0v) is 7.61. The third-order valence-corrected chi connectivity index (χ3v) is 4.20. The van der Waals surface area contributed by atoms with Gasteiger partial charge in [-0.25, -0.2) is 0 Å². The van der Waals surface area contributed by atoms with Crippen LogP contribution in [0, 0.1) is 5.92 Å². The molecule has 1 aliphatic carbocycles. The molecule has 0 aromatic heterocycles. The molecule has 1 aromatic rings. The molecule has 2 aliphatic heterocycles. The van der Waals surface area contributed by atoms with Gasteiger partial charge in [0.2, 0.25) is 0 Å². The van der Waals surface area contributed by atoms with Gasteiger partial charge in [-0.15, -0.1) is 0 Å². The second-order valence-electron chi connectivity index (χ2n) is 4.61. The third-order valence-electron chi connectivity index (χ3n) is 4.20. The minimum atomic E-state index is 0.815. The standard InChI is InChI=1S/C12H13N/c1-2-4-9-8(3-1)7-10-11-5-6-13(11)12(9)10/h1-4,10-12H,5-7H2/t10-,11?,12+/m0/s1. The zero-order valence-electron chi connectivity index (χ0n) is 7.61. The summed E-state index contributed by atoms with van der Waals surface area (Å²) in [6.45, 7) is 1.35. The van der Waals surface area contributed by atoms with E-state index in [2.05, 4.69) is 29.2 Å². The summed E-state index contributed by atoms with van der Waals surface area (Å²) < 4.78 is 0. The highest BCUT2D eigenvalue weighted by Crippen LogP contribution is 2.56. The Morgan fingerprint density at radius 3 is 3.00 bits per heavy atom. The Balaban J connectivity index is 1.84. The molecule has 2 saturated heterocycles. The molecule has 3 aliphatic rings. The maximum Gasteiger partial charge on any atom is 0.0400 e. The van der Waals surface area contributed by atoms with Crippen LogP contribution in [0.3, 0.4) is 0 Å². The van der Waals surface area contributed by atoms with Crippen molar-refractivity contribution in [2.24, 2.45) is 5.92 Å². The van der Waals surface area contributed by atoms with Crippen molar-refractivity contribution < 1.29 is 0 Å². The van der Waals surface area contributed by atoms with Crippen LogP contribution < -0.4 is 0 Å². The molecule has 0 bridgehead atoms. The molecule has 4 rings (SSSR count). The topological polar surface area (TPSA) is 3.24 Å². The van der Waals surface area contributed by atoms with Crippen molar-refractivity contribution in [1.29, 1.82) is 0 Å². The molecule has 1 unspecified atom stereocenters. The molecule has 2 fully saturated rings. The summed E-state index contributed by atoms with van der Waals surface area (Å²) in [6, 6.07) is 10.8. The van der Waals surface area contributed by atoms with Crippen LogP contribution in [-0.4, -0.2) is 17.5 Å². The van der Waals surface area contributed by atoms with E-state index < -0.39 is 0 Å². The number of benzene rings is 1. The average molecular weight is 171 g/mol. The molecule has 3 atom stereocenters. The molecule has 66 valence electrons. The Morgan fingerprint density at radius 2 is 2.15 bits per heavy atom. The number of rotatable bonds is 0. The van der Waals surface area contributed by atoms with Crippen LogP contribution in [0.2, 0.25) is 0 Å². The third kappa shape index (κ3) is 0.614. The van der Waals surface area contributed by atoms with Crippen LogP contribution in [0.25, 0.3) is 0 Å². The first kappa shape index (κ1) is 6.61. The summed E-state index contributed by atoms with van der Waals surface area (Å²) in [7, 11) is 0. The molecule has 0 radical (unpaired) electrons. The highest BCUT2D eigenvalue weighted by Gasteiger charge is 2.56. The van der Waals surface area contributed by atoms with E-state index in [1.807, 2.05) is 0 Å². The van der Waals surface area contributed by atoms with E-state index in [0.29, 0.717) is 0 Å². The molecule has 1 nitrogen and oxygen atoms in total. The Labute approximate surface area is 78.4 Å². The van der Waals surface area contributed by atoms with E-state index in [9.17, 15) is 0 Å². The van der Waals surface area contributed by atoms with Crippen LogP contribution in [0.5, 0.6) is 0 Å². The summed E-state index contributed by atoms with van der Waals surface area (Å²) in [4.78, 5) is 2.68. The summed E-state index contributed by atoms with van der Waals surface area (Å²) >= 11 is 0. The molecule has 1 heteroatoms. The highest BCUT2D eigenvalue weighted by atomic mass is 15.3. The zero-order chi connectivity index (χ0) is 8.41. The Hall–Kier alpha value is -0.820. The molecule has 1 aromatic carbocycles. The number of fused-ring (bicyclic) bond motifs is 6. The van der Waals surface area contributed by atoms with E-state index in [0.717, 1.165) is 18.0 Å². The first-order valence-electron chi connectivity index (χ1n) is 5.29. The van der Waals surface area contributed by atoms with Crippen LogP contribution in [0.4, 0.5) is 0 Å². The maximum absolute atomic E-state index is 2.68. The average Bonchev–Trinajstić information content (AvgIpc) is 2.42. The highest BCUT2D eigenvalue weighted by molar-refractivity contribution is 5.40. The Morgan fingerprint density at radius 1 is 1.23 bits per heavy atom. The van der Waals surface area contributed by atoms with Gasteiger partial charge in [0.05, 0.1) is 0 Å². The summed E-state index contributed by atoms with van der Waals surface area (Å²) in [6.07, 6.45) is 2.80. The minimum Gasteiger partial charge on any atom is -0.293 e. The summed E-state index contributed by atoms with van der Waals surface area (Å²) in [5.41, 5.74) is 3.25. The fourth-order valence-corrected chi connectivity index (χ4v) is 3.51. The fraction of sp³-hybridized carbons (Fsp3) is 0.500. The van der Waals surface area contributed by atoms with Gasteiger partial charge in [-0.05, 0) is 29.9 Å². The second kappa shape index (κ2) is 1.98. The lowest BCUT2D eigenvalue weighted by Crippen LogP contribution is -2.65. The van der Waals surface area contributed by atoms with Crippen LogP contribution in [0.1, 0.15) is 23.6 Å². The van der Waals surface area contributed by atoms with Crippen molar-refractivity contribution in [2.75, 3.05) is 6.54 Å². The first-order valence-corrected chi connectivity index (χ1v) is 5.29. The van der Waals surface area contributed by atoms with Crippen LogP contribution >= 0.6 is 0 Å². The molecular weight excluding hydrogens is 158 g/mol. The quantitative estimate of drug-likeness (QED) is 0.577. The van der Waals surface area contributed by atoms with Crippen LogP contribution in [-0.2, 0) is 6.42 Å². The normalized spacial score (nSPS) is 39.8. The van der Waals surface area contributed by atoms with Crippen LogP contribution in [0.15, 0.2) is 24.3 Å². The van der Waals surface area contributed by atoms with Crippen molar-refractivity contribution >= 4 is 0 Å². The predicted molar refractivity (Wildman–Crippen MR) is 51.5 cm³/mol. The molecule has 0 amide bonds. The maximum atomic E-state index is 2.68. The smallest absolute Gasteiger partial charge is 0.0400 e. The van der Waals surface area contributed by atoms with Gasteiger partial charge in [0, 0.05) is 18.6 Å². The lowest BCUT2D eigenvalue weighted by atomic mass is 9.73. The summed E-state index contributed by atoms with van der Waals surface area (Å²) in [5, 5.41) is 0. The van der Waals surface area contributed by atoms with Gasteiger partial charge in [0.25, 0.3) is 0 Å². The van der Waals surface area contributed by atoms with Gasteiger partial charge in [0.15, 0.2) is 0 Å². The van der Waals surface area contributed by atoms with Gasteiger partial charge < -0.3 is 0 Å². The molecule has 0 spiro atoms. The molecule has 2 heterocycles. The van der Waals surface area contributed by atoms with Crippen molar-refractivity contribution in [3.63, 3.8) is 0 Å². The predicted octanol–water partition coefficient (Wildman–Crippen LogP) is 1.99. The minimum absolute atomic E-state index is 0.815. The SMILES string of the molecule is c1ccc2c(c1)C[C@H]1C3CCN3[C@H]21. The second-order valence-corrected chi connectivity index (χ2v) is 4.61. The molecule has 0 saturated carbocycles. The molecule has 0 N–H and O–H groups in total. The summed E-state index contributed by atoms with van der Waals surface area (Å²) in [5.74, 6) is 0.978. The number of nitrogens with zero attached hydrogens (tertiary/aromatic N) is 1. The van der Waals surface area contributed by atoms with Gasteiger partial charge >= 0.3 is 0 Å². The fourth-order valence-electron chi connectivity index (χ4n) is 3.51. The van der Waals surface area contributed by atoms with Crippen molar-refractivity contribution in [3.05, 3.63) is 35.4 Å². The van der Waals surface area contributed by atoms with E-state index in [4.69, 9.17) is 0 Å². The van der Waals surface area contributed by atoms with Gasteiger partial charge in [-0.2, -0.15) is 0 Å². The monoisotopic (exact) mass is 171 g/mol. The van der Waals surface area contributed by atoms with Gasteiger partial charge in [0.1, 0.15) is 0 Å². The number of hydrogen-bond acceptors (Lipinski definition) is 1. The number of piperidine rings is 1. The van der Waals surface area contributed by atoms with Crippen molar-refractivity contribution in [2.45, 2.75) is 24.9 Å². The Kier molecular flexibility index (Phi) is 1.01. The van der Waals surface area contributed by atoms with Gasteiger partial charge in [-0.3, -0.25) is 4.90 Å². The molecule has 13 heavy (non-hydrogen) atoms. The van der Waals surface area contributed by atoms with Gasteiger partial charge in [-0.1, -0.05) is 24.3 Å². The van der Waals surface area contributed by atoms with Crippen molar-refractivity contribution in [1.82, 2.24) is 4.90 Å². The first-order chi connectivity index (χ1) is 6.45. The van der Waals surface area contributed by atoms with Crippen molar-refractivity contribution in [3.8, 4) is 0 Å². The Bertz CT molecular complexity index is 371. The van der Waals surface area contributed by atoms with E-state index in [1.54, 1.807) is 11.1 Å². The van der Waals surface area contributed by atoms with E-state index in [-0.39, 0.29) is 0 Å². The molecular formula is C12H13N. The lowest BCUT2D eigenvalue weighted by Gasteiger charge is -2.60. The number of hydrogen-bond donors (Lipinski definition) is 0.